The summed E-state index contributed by atoms with van der Waals surface area (Å²) in [5.74, 6) is 0.726. The van der Waals surface area contributed by atoms with Crippen LogP contribution in [-0.4, -0.2) is 21.9 Å². The molecule has 0 fully saturated rings. The molecule has 0 bridgehead atoms. The highest BCUT2D eigenvalue weighted by Gasteiger charge is 2.05. The van der Waals surface area contributed by atoms with Crippen molar-refractivity contribution in [2.24, 2.45) is 0 Å². The lowest BCUT2D eigenvalue weighted by Crippen LogP contribution is -2.07. The van der Waals surface area contributed by atoms with E-state index >= 15 is 0 Å². The Morgan fingerprint density at radius 3 is 2.85 bits per heavy atom. The normalized spacial score (nSPS) is 10.9. The van der Waals surface area contributed by atoms with Crippen molar-refractivity contribution in [1.82, 2.24) is 10.2 Å². The lowest BCUT2D eigenvalue weighted by Gasteiger charge is -1.95. The fourth-order valence-electron chi connectivity index (χ4n) is 1.33. The maximum atomic E-state index is 11.7. The molecule has 0 atom stereocenters. The zero-order valence-electron chi connectivity index (χ0n) is 10.7. The van der Waals surface area contributed by atoms with Gasteiger partial charge in [-0.05, 0) is 29.5 Å². The molecule has 0 saturated heterocycles. The van der Waals surface area contributed by atoms with Crippen molar-refractivity contribution in [2.75, 3.05) is 11.1 Å². The second kappa shape index (κ2) is 7.56. The van der Waals surface area contributed by atoms with Gasteiger partial charge in [-0.2, -0.15) is 0 Å². The van der Waals surface area contributed by atoms with E-state index in [1.54, 1.807) is 17.8 Å². The molecular formula is C13H12BrN3OS2. The lowest BCUT2D eigenvalue weighted by atomic mass is 10.2. The molecular weight excluding hydrogens is 358 g/mol. The molecule has 2 aromatic rings. The number of hydrogen-bond acceptors (Lipinski definition) is 5. The van der Waals surface area contributed by atoms with Crippen LogP contribution in [0.5, 0.6) is 0 Å². The number of anilines is 1. The molecule has 0 aliphatic rings. The highest BCUT2D eigenvalue weighted by atomic mass is 79.9. The van der Waals surface area contributed by atoms with E-state index in [2.05, 4.69) is 31.4 Å². The molecule has 0 spiro atoms. The molecule has 1 aromatic carbocycles. The number of benzene rings is 1. The minimum absolute atomic E-state index is 0.211. The van der Waals surface area contributed by atoms with Crippen LogP contribution in [-0.2, 0) is 4.79 Å². The smallest absolute Gasteiger partial charge is 0.250 e. The van der Waals surface area contributed by atoms with Gasteiger partial charge in [0.1, 0.15) is 0 Å². The molecule has 1 heterocycles. The van der Waals surface area contributed by atoms with E-state index in [0.29, 0.717) is 5.13 Å². The van der Waals surface area contributed by atoms with Crippen LogP contribution in [0.4, 0.5) is 5.13 Å². The Labute approximate surface area is 133 Å². The van der Waals surface area contributed by atoms with Crippen molar-refractivity contribution in [3.05, 3.63) is 40.4 Å². The highest BCUT2D eigenvalue weighted by molar-refractivity contribution is 9.10. The van der Waals surface area contributed by atoms with Gasteiger partial charge in [0, 0.05) is 10.5 Å². The van der Waals surface area contributed by atoms with Gasteiger partial charge < -0.3 is 0 Å². The first-order valence-electron chi connectivity index (χ1n) is 5.88. The third kappa shape index (κ3) is 4.73. The maximum absolute atomic E-state index is 11.7. The monoisotopic (exact) mass is 369 g/mol. The molecule has 4 nitrogen and oxygen atoms in total. The molecule has 20 heavy (non-hydrogen) atoms. The van der Waals surface area contributed by atoms with Gasteiger partial charge >= 0.3 is 0 Å². The van der Waals surface area contributed by atoms with Crippen LogP contribution in [0.1, 0.15) is 12.5 Å². The Balaban J connectivity index is 1.92. The molecule has 0 saturated carbocycles. The van der Waals surface area contributed by atoms with Crippen LogP contribution >= 0.6 is 39.0 Å². The van der Waals surface area contributed by atoms with Crippen LogP contribution in [0.2, 0.25) is 0 Å². The number of rotatable bonds is 5. The number of halogens is 1. The van der Waals surface area contributed by atoms with E-state index < -0.39 is 0 Å². The topological polar surface area (TPSA) is 54.9 Å². The number of thioether (sulfide) groups is 1. The maximum Gasteiger partial charge on any atom is 0.250 e. The van der Waals surface area contributed by atoms with Crippen LogP contribution in [0.3, 0.4) is 0 Å². The zero-order valence-corrected chi connectivity index (χ0v) is 13.9. The largest absolute Gasteiger partial charge is 0.297 e. The summed E-state index contributed by atoms with van der Waals surface area (Å²) in [7, 11) is 0. The van der Waals surface area contributed by atoms with Crippen molar-refractivity contribution in [2.45, 2.75) is 11.3 Å². The molecule has 0 aliphatic carbocycles. The Hall–Kier alpha value is -1.18. The molecule has 2 rings (SSSR count). The number of amides is 1. The summed E-state index contributed by atoms with van der Waals surface area (Å²) in [6, 6.07) is 7.71. The number of nitrogens with one attached hydrogen (secondary N) is 1. The molecule has 0 radical (unpaired) electrons. The predicted octanol–water partition coefficient (Wildman–Crippen LogP) is 4.06. The summed E-state index contributed by atoms with van der Waals surface area (Å²) in [6.45, 7) is 2.05. The van der Waals surface area contributed by atoms with Crippen LogP contribution in [0.15, 0.2) is 39.2 Å². The Morgan fingerprint density at radius 1 is 1.40 bits per heavy atom. The number of hydrogen-bond donors (Lipinski definition) is 1. The van der Waals surface area contributed by atoms with Crippen molar-refractivity contribution in [3.63, 3.8) is 0 Å². The van der Waals surface area contributed by atoms with E-state index in [9.17, 15) is 4.79 Å². The summed E-state index contributed by atoms with van der Waals surface area (Å²) < 4.78 is 1.87. The van der Waals surface area contributed by atoms with Gasteiger partial charge in [0.2, 0.25) is 11.0 Å². The number of carbonyl (C=O) groups excluding carboxylic acids is 1. The third-order valence-electron chi connectivity index (χ3n) is 2.20. The second-order valence-electron chi connectivity index (χ2n) is 3.68. The van der Waals surface area contributed by atoms with E-state index in [4.69, 9.17) is 0 Å². The van der Waals surface area contributed by atoms with Gasteiger partial charge in [-0.1, -0.05) is 58.1 Å². The van der Waals surface area contributed by atoms with Crippen LogP contribution in [0, 0.1) is 0 Å². The summed E-state index contributed by atoms with van der Waals surface area (Å²) in [5, 5.41) is 11.1. The summed E-state index contributed by atoms with van der Waals surface area (Å²) in [6.07, 6.45) is 3.24. The number of nitrogens with zero attached hydrogens (tertiary/aromatic N) is 2. The van der Waals surface area contributed by atoms with Gasteiger partial charge in [-0.15, -0.1) is 10.2 Å². The first kappa shape index (κ1) is 15.2. The van der Waals surface area contributed by atoms with Crippen LogP contribution in [0.25, 0.3) is 6.08 Å². The molecule has 104 valence electrons. The number of carbonyl (C=O) groups is 1. The first-order valence-corrected chi connectivity index (χ1v) is 8.48. The standard InChI is InChI=1S/C13H12BrN3OS2/c1-2-19-13-17-16-12(20-13)15-11(18)8-5-9-3-6-10(14)7-4-9/h3-8H,2H2,1H3,(H,15,16,18)/b8-5+. The van der Waals surface area contributed by atoms with Gasteiger partial charge in [-0.25, -0.2) is 0 Å². The predicted molar refractivity (Wildman–Crippen MR) is 88.1 cm³/mol. The van der Waals surface area contributed by atoms with E-state index in [0.717, 1.165) is 20.1 Å². The summed E-state index contributed by atoms with van der Waals surface area (Å²) in [5.41, 5.74) is 0.961. The van der Waals surface area contributed by atoms with Gasteiger partial charge in [0.05, 0.1) is 0 Å². The van der Waals surface area contributed by atoms with Gasteiger partial charge in [0.15, 0.2) is 4.34 Å². The molecule has 7 heteroatoms. The lowest BCUT2D eigenvalue weighted by molar-refractivity contribution is -0.111. The minimum Gasteiger partial charge on any atom is -0.297 e. The van der Waals surface area contributed by atoms with Gasteiger partial charge in [0.25, 0.3) is 0 Å². The molecule has 0 unspecified atom stereocenters. The molecule has 0 aliphatic heterocycles. The Kier molecular flexibility index (Phi) is 5.75. The highest BCUT2D eigenvalue weighted by Crippen LogP contribution is 2.24. The second-order valence-corrected chi connectivity index (χ2v) is 7.08. The van der Waals surface area contributed by atoms with E-state index in [1.807, 2.05) is 31.2 Å². The molecule has 1 N–H and O–H groups in total. The van der Waals surface area contributed by atoms with Crippen molar-refractivity contribution < 1.29 is 4.79 Å². The van der Waals surface area contributed by atoms with Gasteiger partial charge in [-0.3, -0.25) is 10.1 Å². The average Bonchev–Trinajstić information content (AvgIpc) is 2.86. The molecule has 1 amide bonds. The van der Waals surface area contributed by atoms with E-state index in [-0.39, 0.29) is 5.91 Å². The minimum atomic E-state index is -0.211. The zero-order chi connectivity index (χ0) is 14.4. The summed E-state index contributed by atoms with van der Waals surface area (Å²) in [4.78, 5) is 11.7. The first-order chi connectivity index (χ1) is 9.67. The summed E-state index contributed by atoms with van der Waals surface area (Å²) >= 11 is 6.35. The van der Waals surface area contributed by atoms with Crippen molar-refractivity contribution in [3.8, 4) is 0 Å². The fraction of sp³-hybridized carbons (Fsp3) is 0.154. The number of aromatic nitrogens is 2. The quantitative estimate of drug-likeness (QED) is 0.490. The Morgan fingerprint density at radius 2 is 2.15 bits per heavy atom. The third-order valence-corrected chi connectivity index (χ3v) is 4.58. The van der Waals surface area contributed by atoms with Crippen LogP contribution < -0.4 is 5.32 Å². The average molecular weight is 370 g/mol. The Bertz CT molecular complexity index is 610. The van der Waals surface area contributed by atoms with Crippen molar-refractivity contribution >= 4 is 56.1 Å². The fourth-order valence-corrected chi connectivity index (χ4v) is 3.25. The SMILES string of the molecule is CCSc1nnc(NC(=O)/C=C/c2ccc(Br)cc2)s1. The van der Waals surface area contributed by atoms with E-state index in [1.165, 1.54) is 17.4 Å². The molecule has 1 aromatic heterocycles. The van der Waals surface area contributed by atoms with Crippen molar-refractivity contribution in [1.29, 1.82) is 0 Å².